The van der Waals surface area contributed by atoms with Crippen LogP contribution in [0, 0.1) is 6.92 Å². The monoisotopic (exact) mass is 399 g/mol. The van der Waals surface area contributed by atoms with Crippen molar-refractivity contribution in [2.24, 2.45) is 0 Å². The summed E-state index contributed by atoms with van der Waals surface area (Å²) in [6, 6.07) is 13.8. The molecule has 0 radical (unpaired) electrons. The summed E-state index contributed by atoms with van der Waals surface area (Å²) in [5.74, 6) is -1.45. The average Bonchev–Trinajstić information content (AvgIpc) is 2.62. The van der Waals surface area contributed by atoms with E-state index in [1.165, 1.54) is 0 Å². The van der Waals surface area contributed by atoms with Gasteiger partial charge in [0.15, 0.2) is 0 Å². The van der Waals surface area contributed by atoms with Crippen molar-refractivity contribution < 1.29 is 14.3 Å². The highest BCUT2D eigenvalue weighted by Crippen LogP contribution is 2.50. The van der Waals surface area contributed by atoms with Crippen LogP contribution in [-0.2, 0) is 19.7 Å². The second-order valence-electron chi connectivity index (χ2n) is 8.21. The van der Waals surface area contributed by atoms with Crippen molar-refractivity contribution in [3.8, 4) is 0 Å². The number of amides is 1. The standard InChI is InChI=1S/C23H26ClNO3/c1-6-28-21(27)20(26)25-19-12-7-15(2)13-18(19)23(5,14-22(25,3)4)16-8-10-17(24)11-9-16/h7-13H,6,14H2,1-5H3/t23-/m0/s1. The number of halogens is 1. The van der Waals surface area contributed by atoms with E-state index in [0.29, 0.717) is 11.4 Å². The van der Waals surface area contributed by atoms with Gasteiger partial charge in [-0.15, -0.1) is 0 Å². The Hall–Kier alpha value is -2.33. The molecule has 1 amide bonds. The number of esters is 1. The molecule has 0 bridgehead atoms. The number of benzene rings is 2. The van der Waals surface area contributed by atoms with Gasteiger partial charge in [-0.2, -0.15) is 0 Å². The quantitative estimate of drug-likeness (QED) is 0.525. The minimum atomic E-state index is -0.822. The first-order valence-electron chi connectivity index (χ1n) is 9.48. The summed E-state index contributed by atoms with van der Waals surface area (Å²) < 4.78 is 4.99. The zero-order valence-corrected chi connectivity index (χ0v) is 17.8. The van der Waals surface area contributed by atoms with Gasteiger partial charge in [0.25, 0.3) is 0 Å². The van der Waals surface area contributed by atoms with Gasteiger partial charge in [-0.3, -0.25) is 9.69 Å². The predicted octanol–water partition coefficient (Wildman–Crippen LogP) is 5.03. The van der Waals surface area contributed by atoms with Gasteiger partial charge < -0.3 is 4.74 Å². The van der Waals surface area contributed by atoms with E-state index < -0.39 is 17.4 Å². The SMILES string of the molecule is CCOC(=O)C(=O)N1c2ccc(C)cc2[C@](C)(c2ccc(Cl)cc2)CC1(C)C. The lowest BCUT2D eigenvalue weighted by Crippen LogP contribution is -2.57. The van der Waals surface area contributed by atoms with Crippen molar-refractivity contribution in [3.63, 3.8) is 0 Å². The largest absolute Gasteiger partial charge is 0.459 e. The number of aryl methyl sites for hydroxylation is 1. The molecule has 0 unspecified atom stereocenters. The molecular formula is C23H26ClNO3. The Labute approximate surface area is 171 Å². The summed E-state index contributed by atoms with van der Waals surface area (Å²) in [4.78, 5) is 26.8. The van der Waals surface area contributed by atoms with E-state index in [0.717, 1.165) is 22.4 Å². The number of carbonyl (C=O) groups is 2. The molecule has 1 heterocycles. The third kappa shape index (κ3) is 3.42. The number of carbonyl (C=O) groups excluding carboxylic acids is 2. The van der Waals surface area contributed by atoms with Crippen molar-refractivity contribution in [2.45, 2.75) is 52.0 Å². The number of nitrogens with zero attached hydrogens (tertiary/aromatic N) is 1. The highest BCUT2D eigenvalue weighted by molar-refractivity contribution is 6.38. The molecule has 0 N–H and O–H groups in total. The van der Waals surface area contributed by atoms with E-state index in [1.54, 1.807) is 11.8 Å². The molecule has 1 aliphatic heterocycles. The van der Waals surface area contributed by atoms with Crippen molar-refractivity contribution in [1.82, 2.24) is 0 Å². The van der Waals surface area contributed by atoms with Gasteiger partial charge in [0.05, 0.1) is 6.61 Å². The Morgan fingerprint density at radius 3 is 2.36 bits per heavy atom. The molecule has 1 aliphatic rings. The molecule has 0 saturated carbocycles. The molecule has 28 heavy (non-hydrogen) atoms. The van der Waals surface area contributed by atoms with E-state index >= 15 is 0 Å². The Balaban J connectivity index is 2.21. The fraction of sp³-hybridized carbons (Fsp3) is 0.391. The Morgan fingerprint density at radius 2 is 1.75 bits per heavy atom. The molecule has 0 aliphatic carbocycles. The van der Waals surface area contributed by atoms with Crippen molar-refractivity contribution in [2.75, 3.05) is 11.5 Å². The summed E-state index contributed by atoms with van der Waals surface area (Å²) in [6.45, 7) is 10.0. The fourth-order valence-corrected chi connectivity index (χ4v) is 4.52. The van der Waals surface area contributed by atoms with Crippen LogP contribution in [0.1, 0.15) is 50.8 Å². The van der Waals surface area contributed by atoms with Gasteiger partial charge >= 0.3 is 11.9 Å². The van der Waals surface area contributed by atoms with Gasteiger partial charge in [0, 0.05) is 21.7 Å². The minimum Gasteiger partial charge on any atom is -0.459 e. The highest BCUT2D eigenvalue weighted by Gasteiger charge is 2.49. The van der Waals surface area contributed by atoms with Crippen LogP contribution in [0.2, 0.25) is 5.02 Å². The molecule has 0 fully saturated rings. The van der Waals surface area contributed by atoms with E-state index in [9.17, 15) is 9.59 Å². The van der Waals surface area contributed by atoms with E-state index in [2.05, 4.69) is 13.0 Å². The fourth-order valence-electron chi connectivity index (χ4n) is 4.40. The summed E-state index contributed by atoms with van der Waals surface area (Å²) in [5, 5.41) is 0.686. The molecule has 0 spiro atoms. The topological polar surface area (TPSA) is 46.6 Å². The Morgan fingerprint density at radius 1 is 1.11 bits per heavy atom. The van der Waals surface area contributed by atoms with Crippen LogP contribution in [0.3, 0.4) is 0 Å². The molecule has 0 aromatic heterocycles. The molecule has 2 aromatic rings. The van der Waals surface area contributed by atoms with Gasteiger partial charge in [-0.05, 0) is 63.4 Å². The lowest BCUT2D eigenvalue weighted by Gasteiger charge is -2.51. The van der Waals surface area contributed by atoms with Crippen LogP contribution < -0.4 is 4.90 Å². The van der Waals surface area contributed by atoms with Crippen LogP contribution in [0.5, 0.6) is 0 Å². The maximum absolute atomic E-state index is 13.0. The molecule has 2 aromatic carbocycles. The third-order valence-electron chi connectivity index (χ3n) is 5.51. The van der Waals surface area contributed by atoms with Crippen LogP contribution in [0.25, 0.3) is 0 Å². The maximum Gasteiger partial charge on any atom is 0.397 e. The number of ether oxygens (including phenoxy) is 1. The first kappa shape index (κ1) is 20.4. The lowest BCUT2D eigenvalue weighted by atomic mass is 9.65. The number of hydrogen-bond acceptors (Lipinski definition) is 3. The Kier molecular flexibility index (Phi) is 5.28. The first-order valence-corrected chi connectivity index (χ1v) is 9.86. The zero-order valence-electron chi connectivity index (χ0n) is 17.0. The van der Waals surface area contributed by atoms with Crippen molar-refractivity contribution in [3.05, 3.63) is 64.2 Å². The number of anilines is 1. The predicted molar refractivity (Wildman–Crippen MR) is 112 cm³/mol. The van der Waals surface area contributed by atoms with E-state index in [4.69, 9.17) is 16.3 Å². The summed E-state index contributed by atoms with van der Waals surface area (Å²) in [6.07, 6.45) is 0.656. The summed E-state index contributed by atoms with van der Waals surface area (Å²) >= 11 is 6.10. The normalized spacial score (nSPS) is 20.4. The summed E-state index contributed by atoms with van der Waals surface area (Å²) in [5.41, 5.74) is 3.08. The Bertz CT molecular complexity index is 920. The molecule has 4 nitrogen and oxygen atoms in total. The number of rotatable bonds is 2. The zero-order chi connectivity index (χ0) is 20.7. The smallest absolute Gasteiger partial charge is 0.397 e. The lowest BCUT2D eigenvalue weighted by molar-refractivity contribution is -0.153. The van der Waals surface area contributed by atoms with Crippen molar-refractivity contribution >= 4 is 29.2 Å². The minimum absolute atomic E-state index is 0.169. The van der Waals surface area contributed by atoms with E-state index in [1.807, 2.05) is 57.2 Å². The summed E-state index contributed by atoms with van der Waals surface area (Å²) in [7, 11) is 0. The molecule has 1 atom stereocenters. The average molecular weight is 400 g/mol. The van der Waals surface area contributed by atoms with Gasteiger partial charge in [0.1, 0.15) is 0 Å². The maximum atomic E-state index is 13.0. The second kappa shape index (κ2) is 7.25. The van der Waals surface area contributed by atoms with Crippen LogP contribution >= 0.6 is 11.6 Å². The van der Waals surface area contributed by atoms with Gasteiger partial charge in [0.2, 0.25) is 0 Å². The van der Waals surface area contributed by atoms with Crippen LogP contribution in [0.4, 0.5) is 5.69 Å². The molecule has 148 valence electrons. The van der Waals surface area contributed by atoms with Crippen LogP contribution in [0.15, 0.2) is 42.5 Å². The van der Waals surface area contributed by atoms with Gasteiger partial charge in [-0.25, -0.2) is 4.79 Å². The number of hydrogen-bond donors (Lipinski definition) is 0. The molecular weight excluding hydrogens is 374 g/mol. The van der Waals surface area contributed by atoms with E-state index in [-0.39, 0.29) is 12.0 Å². The van der Waals surface area contributed by atoms with Crippen LogP contribution in [-0.4, -0.2) is 24.0 Å². The van der Waals surface area contributed by atoms with Crippen molar-refractivity contribution in [1.29, 1.82) is 0 Å². The molecule has 0 saturated heterocycles. The molecule has 5 heteroatoms. The first-order chi connectivity index (χ1) is 13.1. The second-order valence-corrected chi connectivity index (χ2v) is 8.65. The number of fused-ring (bicyclic) bond motifs is 1. The third-order valence-corrected chi connectivity index (χ3v) is 5.77. The molecule has 3 rings (SSSR count). The van der Waals surface area contributed by atoms with Gasteiger partial charge in [-0.1, -0.05) is 48.4 Å². The highest BCUT2D eigenvalue weighted by atomic mass is 35.5.